The molecule has 1 aliphatic rings. The van der Waals surface area contributed by atoms with Crippen molar-refractivity contribution < 1.29 is 23.2 Å². The second kappa shape index (κ2) is 8.80. The molecule has 1 aliphatic heterocycles. The van der Waals surface area contributed by atoms with Crippen molar-refractivity contribution in [2.45, 2.75) is 32.4 Å². The summed E-state index contributed by atoms with van der Waals surface area (Å²) >= 11 is 0. The average molecular weight is 476 g/mol. The van der Waals surface area contributed by atoms with Gasteiger partial charge in [0.1, 0.15) is 11.2 Å². The van der Waals surface area contributed by atoms with Gasteiger partial charge in [-0.25, -0.2) is 18.5 Å². The minimum atomic E-state index is -1.69. The van der Waals surface area contributed by atoms with Crippen molar-refractivity contribution in [3.8, 4) is 11.8 Å². The zero-order valence-corrected chi connectivity index (χ0v) is 19.5. The molecule has 0 radical (unpaired) electrons. The number of amides is 3. The number of anilines is 1. The third kappa shape index (κ3) is 3.97. The molecule has 178 valence electrons. The Kier molecular flexibility index (Phi) is 5.99. The van der Waals surface area contributed by atoms with Crippen LogP contribution in [-0.4, -0.2) is 39.4 Å². The quantitative estimate of drug-likeness (QED) is 0.423. The molecule has 0 saturated carbocycles. The van der Waals surface area contributed by atoms with Crippen molar-refractivity contribution in [3.05, 3.63) is 83.2 Å². The molecular formula is C26H22F2N4O3. The van der Waals surface area contributed by atoms with Crippen LogP contribution >= 0.6 is 0 Å². The SMILES string of the molecule is CC(C)n1cc([C@@]2(C)C(=O)C(=O)N(c3c(F)cc(C#Cc4ccccc4)cc3F)C(=O)N2C)cn1. The molecule has 9 heteroatoms. The largest absolute Gasteiger partial charge is 0.332 e. The highest BCUT2D eigenvalue weighted by Crippen LogP contribution is 2.37. The molecule has 4 rings (SSSR count). The zero-order chi connectivity index (χ0) is 25.5. The van der Waals surface area contributed by atoms with E-state index in [1.807, 2.05) is 19.9 Å². The summed E-state index contributed by atoms with van der Waals surface area (Å²) < 4.78 is 31.6. The summed E-state index contributed by atoms with van der Waals surface area (Å²) in [6.45, 7) is 5.16. The third-order valence-electron chi connectivity index (χ3n) is 6.05. The first-order valence-electron chi connectivity index (χ1n) is 10.8. The number of aromatic nitrogens is 2. The van der Waals surface area contributed by atoms with Gasteiger partial charge in [-0.2, -0.15) is 5.10 Å². The van der Waals surface area contributed by atoms with E-state index < -0.39 is 40.6 Å². The average Bonchev–Trinajstić information content (AvgIpc) is 3.34. The topological polar surface area (TPSA) is 75.5 Å². The molecule has 1 atom stereocenters. The van der Waals surface area contributed by atoms with E-state index >= 15 is 8.78 Å². The van der Waals surface area contributed by atoms with E-state index in [0.717, 1.165) is 17.0 Å². The van der Waals surface area contributed by atoms with Gasteiger partial charge in [0, 0.05) is 36.0 Å². The van der Waals surface area contributed by atoms with E-state index in [9.17, 15) is 14.4 Å². The third-order valence-corrected chi connectivity index (χ3v) is 6.05. The Morgan fingerprint density at radius 3 is 2.14 bits per heavy atom. The van der Waals surface area contributed by atoms with Crippen LogP contribution in [0.5, 0.6) is 0 Å². The smallest absolute Gasteiger partial charge is 0.310 e. The molecule has 1 fully saturated rings. The van der Waals surface area contributed by atoms with Gasteiger partial charge < -0.3 is 4.90 Å². The molecule has 35 heavy (non-hydrogen) atoms. The normalized spacial score (nSPS) is 18.2. The number of halogens is 2. The summed E-state index contributed by atoms with van der Waals surface area (Å²) in [5.41, 5.74) is -1.65. The van der Waals surface area contributed by atoms with Crippen molar-refractivity contribution in [1.82, 2.24) is 14.7 Å². The summed E-state index contributed by atoms with van der Waals surface area (Å²) in [7, 11) is 1.29. The zero-order valence-electron chi connectivity index (χ0n) is 19.5. The number of urea groups is 1. The molecule has 3 amide bonds. The van der Waals surface area contributed by atoms with Gasteiger partial charge in [0.15, 0.2) is 11.6 Å². The maximum Gasteiger partial charge on any atom is 0.332 e. The number of hydrogen-bond donors (Lipinski definition) is 0. The summed E-state index contributed by atoms with van der Waals surface area (Å²) in [5.74, 6) is 0.693. The number of ketones is 1. The number of carbonyl (C=O) groups is 3. The van der Waals surface area contributed by atoms with E-state index in [1.54, 1.807) is 35.1 Å². The summed E-state index contributed by atoms with van der Waals surface area (Å²) in [5, 5.41) is 4.18. The van der Waals surface area contributed by atoms with Crippen LogP contribution in [0.4, 0.5) is 19.3 Å². The second-order valence-corrected chi connectivity index (χ2v) is 8.59. The monoisotopic (exact) mass is 476 g/mol. The second-order valence-electron chi connectivity index (χ2n) is 8.59. The molecule has 0 unspecified atom stereocenters. The molecule has 0 spiro atoms. The Hall–Kier alpha value is -4.32. The van der Waals surface area contributed by atoms with E-state index in [1.165, 1.54) is 20.2 Å². The molecule has 2 aromatic carbocycles. The maximum absolute atomic E-state index is 15.0. The van der Waals surface area contributed by atoms with Gasteiger partial charge >= 0.3 is 11.9 Å². The highest BCUT2D eigenvalue weighted by molar-refractivity contribution is 6.50. The van der Waals surface area contributed by atoms with Crippen LogP contribution in [0, 0.1) is 23.5 Å². The number of rotatable bonds is 3. The summed E-state index contributed by atoms with van der Waals surface area (Å²) in [6.07, 6.45) is 2.96. The van der Waals surface area contributed by atoms with E-state index in [2.05, 4.69) is 16.9 Å². The Morgan fingerprint density at radius 1 is 0.971 bits per heavy atom. The molecule has 0 bridgehead atoms. The van der Waals surface area contributed by atoms with Gasteiger partial charge in [-0.1, -0.05) is 30.0 Å². The number of nitrogens with zero attached hydrogens (tertiary/aromatic N) is 4. The molecule has 7 nitrogen and oxygen atoms in total. The van der Waals surface area contributed by atoms with E-state index in [-0.39, 0.29) is 16.5 Å². The minimum Gasteiger partial charge on any atom is -0.310 e. The van der Waals surface area contributed by atoms with Crippen molar-refractivity contribution in [1.29, 1.82) is 0 Å². The predicted molar refractivity (Wildman–Crippen MR) is 124 cm³/mol. The number of benzene rings is 2. The van der Waals surface area contributed by atoms with Gasteiger partial charge in [0.05, 0.1) is 6.20 Å². The van der Waals surface area contributed by atoms with Gasteiger partial charge in [0.25, 0.3) is 5.78 Å². The Bertz CT molecular complexity index is 1380. The standard InChI is InChI=1S/C26H22F2N4O3/c1-16(2)31-15-19(14-29-31)26(3)23(33)24(34)32(25(35)30(26)4)22-20(27)12-18(13-21(22)28)11-10-17-8-6-5-7-9-17/h5-9,12-16H,1-4H3/t26-/m0/s1. The van der Waals surface area contributed by atoms with Crippen LogP contribution in [0.3, 0.4) is 0 Å². The van der Waals surface area contributed by atoms with E-state index in [4.69, 9.17) is 0 Å². The Balaban J connectivity index is 1.71. The number of carbonyl (C=O) groups excluding carboxylic acids is 3. The lowest BCUT2D eigenvalue weighted by molar-refractivity contribution is -0.144. The summed E-state index contributed by atoms with van der Waals surface area (Å²) in [6, 6.07) is 9.60. The van der Waals surface area contributed by atoms with Crippen molar-refractivity contribution in [3.63, 3.8) is 0 Å². The molecule has 1 saturated heterocycles. The van der Waals surface area contributed by atoms with Gasteiger partial charge in [-0.15, -0.1) is 0 Å². The van der Waals surface area contributed by atoms with Crippen LogP contribution in [0.1, 0.15) is 43.5 Å². The molecular weight excluding hydrogens is 454 g/mol. The maximum atomic E-state index is 15.0. The van der Waals surface area contributed by atoms with Crippen LogP contribution < -0.4 is 4.90 Å². The first-order valence-corrected chi connectivity index (χ1v) is 10.8. The summed E-state index contributed by atoms with van der Waals surface area (Å²) in [4.78, 5) is 40.7. The van der Waals surface area contributed by atoms with Crippen LogP contribution in [0.25, 0.3) is 0 Å². The number of imide groups is 1. The fourth-order valence-electron chi connectivity index (χ4n) is 3.80. The molecule has 3 aromatic rings. The Labute approximate surface area is 200 Å². The van der Waals surface area contributed by atoms with Crippen molar-refractivity contribution >= 4 is 23.4 Å². The van der Waals surface area contributed by atoms with Crippen LogP contribution in [-0.2, 0) is 15.1 Å². The fourth-order valence-corrected chi connectivity index (χ4v) is 3.80. The van der Waals surface area contributed by atoms with Gasteiger partial charge in [-0.3, -0.25) is 14.3 Å². The van der Waals surface area contributed by atoms with Crippen LogP contribution in [0.2, 0.25) is 0 Å². The number of likely N-dealkylation sites (N-methyl/N-ethyl adjacent to an activating group) is 1. The number of Topliss-reactive ketones (excluding diaryl/α,β-unsaturated/α-hetero) is 1. The van der Waals surface area contributed by atoms with E-state index in [0.29, 0.717) is 11.1 Å². The van der Waals surface area contributed by atoms with Gasteiger partial charge in [-0.05, 0) is 45.0 Å². The highest BCUT2D eigenvalue weighted by atomic mass is 19.1. The molecule has 2 heterocycles. The van der Waals surface area contributed by atoms with Crippen LogP contribution in [0.15, 0.2) is 54.9 Å². The first kappa shape index (κ1) is 23.8. The minimum absolute atomic E-state index is 0.00938. The van der Waals surface area contributed by atoms with Crippen molar-refractivity contribution in [2.24, 2.45) is 0 Å². The lowest BCUT2D eigenvalue weighted by atomic mass is 9.85. The van der Waals surface area contributed by atoms with Crippen molar-refractivity contribution in [2.75, 3.05) is 11.9 Å². The highest BCUT2D eigenvalue weighted by Gasteiger charge is 2.55. The lowest BCUT2D eigenvalue weighted by Gasteiger charge is -2.43. The molecule has 1 aromatic heterocycles. The lowest BCUT2D eigenvalue weighted by Crippen LogP contribution is -2.66. The predicted octanol–water partition coefficient (Wildman–Crippen LogP) is 4.02. The number of hydrogen-bond acceptors (Lipinski definition) is 4. The Morgan fingerprint density at radius 2 is 1.57 bits per heavy atom. The molecule has 0 N–H and O–H groups in total. The molecule has 0 aliphatic carbocycles. The first-order chi connectivity index (χ1) is 16.6. The fraction of sp³-hybridized carbons (Fsp3) is 0.231. The van der Waals surface area contributed by atoms with Gasteiger partial charge in [0.2, 0.25) is 0 Å².